The minimum Gasteiger partial charge on any atom is -0.457 e. The predicted octanol–water partition coefficient (Wildman–Crippen LogP) is 4.20. The number of carbonyl (C=O) groups excluding carboxylic acids is 1. The van der Waals surface area contributed by atoms with E-state index in [4.69, 9.17) is 9.47 Å². The lowest BCUT2D eigenvalue weighted by Crippen LogP contribution is -2.47. The average molecular weight is 438 g/mol. The summed E-state index contributed by atoms with van der Waals surface area (Å²) in [6, 6.07) is 23.7. The van der Waals surface area contributed by atoms with Crippen LogP contribution in [0.3, 0.4) is 0 Å². The summed E-state index contributed by atoms with van der Waals surface area (Å²) in [6.45, 7) is 0.778. The zero-order valence-corrected chi connectivity index (χ0v) is 17.6. The molecule has 0 saturated carbocycles. The van der Waals surface area contributed by atoms with Gasteiger partial charge in [0.15, 0.2) is 0 Å². The molecule has 1 aliphatic heterocycles. The Kier molecular flexibility index (Phi) is 6.46. The van der Waals surface area contributed by atoms with Crippen LogP contribution in [0.15, 0.2) is 88.7 Å². The van der Waals surface area contributed by atoms with E-state index in [1.807, 2.05) is 36.4 Å². The minimum atomic E-state index is -1.52. The third-order valence-electron chi connectivity index (χ3n) is 5.50. The fourth-order valence-corrected chi connectivity index (χ4v) is 5.15. The van der Waals surface area contributed by atoms with E-state index >= 15 is 0 Å². The maximum absolute atomic E-state index is 13.5. The minimum absolute atomic E-state index is 0.389. The highest BCUT2D eigenvalue weighted by molar-refractivity contribution is 7.85. The highest BCUT2D eigenvalue weighted by Gasteiger charge is 2.43. The molecule has 0 bridgehead atoms. The SMILES string of the molecule is O=C(NO)C1(c2ccccc2S(=O)c2ccc(Oc3ccccc3)cc2)CCOCC1. The maximum Gasteiger partial charge on any atom is 0.254 e. The third kappa shape index (κ3) is 4.39. The summed E-state index contributed by atoms with van der Waals surface area (Å²) < 4.78 is 24.7. The van der Waals surface area contributed by atoms with E-state index in [1.165, 1.54) is 0 Å². The molecule has 7 heteroatoms. The average Bonchev–Trinajstić information content (AvgIpc) is 2.84. The van der Waals surface area contributed by atoms with Gasteiger partial charge in [-0.15, -0.1) is 0 Å². The maximum atomic E-state index is 13.5. The number of nitrogens with one attached hydrogen (secondary N) is 1. The second kappa shape index (κ2) is 9.43. The molecule has 1 saturated heterocycles. The monoisotopic (exact) mass is 437 g/mol. The zero-order valence-electron chi connectivity index (χ0n) is 16.8. The standard InChI is InChI=1S/C24H23NO5S/c26-23(25-27)24(14-16-29-17-15-24)21-8-4-5-9-22(21)31(28)20-12-10-19(11-13-20)30-18-6-2-1-3-7-18/h1-13,27H,14-17H2,(H,25,26). The Morgan fingerprint density at radius 2 is 1.52 bits per heavy atom. The fourth-order valence-electron chi connectivity index (χ4n) is 3.85. The van der Waals surface area contributed by atoms with Crippen molar-refractivity contribution in [1.29, 1.82) is 0 Å². The van der Waals surface area contributed by atoms with Crippen LogP contribution in [0.2, 0.25) is 0 Å². The van der Waals surface area contributed by atoms with Crippen LogP contribution in [-0.2, 0) is 25.7 Å². The number of rotatable bonds is 6. The van der Waals surface area contributed by atoms with Gasteiger partial charge >= 0.3 is 0 Å². The van der Waals surface area contributed by atoms with Crippen molar-refractivity contribution in [2.45, 2.75) is 28.0 Å². The quantitative estimate of drug-likeness (QED) is 0.446. The normalized spacial score (nSPS) is 16.3. The molecule has 1 amide bonds. The first-order valence-corrected chi connectivity index (χ1v) is 11.2. The van der Waals surface area contributed by atoms with Crippen LogP contribution >= 0.6 is 0 Å². The molecule has 2 N–H and O–H groups in total. The first kappa shape index (κ1) is 21.2. The molecule has 0 radical (unpaired) electrons. The number of ether oxygens (including phenoxy) is 2. The molecule has 0 aliphatic carbocycles. The third-order valence-corrected chi connectivity index (χ3v) is 6.96. The van der Waals surface area contributed by atoms with Crippen molar-refractivity contribution < 1.29 is 23.7 Å². The first-order valence-electron chi connectivity index (χ1n) is 10.0. The van der Waals surface area contributed by atoms with E-state index in [0.717, 1.165) is 5.75 Å². The molecule has 3 aromatic carbocycles. The van der Waals surface area contributed by atoms with Gasteiger partial charge in [0.1, 0.15) is 11.5 Å². The molecule has 0 aromatic heterocycles. The van der Waals surface area contributed by atoms with Gasteiger partial charge in [0, 0.05) is 23.0 Å². The highest BCUT2D eigenvalue weighted by Crippen LogP contribution is 2.39. The Balaban J connectivity index is 1.64. The summed E-state index contributed by atoms with van der Waals surface area (Å²) in [6.07, 6.45) is 0.801. The molecule has 3 aromatic rings. The van der Waals surface area contributed by atoms with Crippen LogP contribution in [0.1, 0.15) is 18.4 Å². The van der Waals surface area contributed by atoms with Crippen LogP contribution < -0.4 is 10.2 Å². The summed E-state index contributed by atoms with van der Waals surface area (Å²) >= 11 is 0. The lowest BCUT2D eigenvalue weighted by Gasteiger charge is -2.36. The number of hydrogen-bond acceptors (Lipinski definition) is 5. The molecule has 1 fully saturated rings. The van der Waals surface area contributed by atoms with Crippen molar-refractivity contribution in [3.8, 4) is 11.5 Å². The Bertz CT molecular complexity index is 1060. The summed E-state index contributed by atoms with van der Waals surface area (Å²) in [4.78, 5) is 13.8. The molecule has 31 heavy (non-hydrogen) atoms. The summed E-state index contributed by atoms with van der Waals surface area (Å²) in [5.74, 6) is 0.853. The molecule has 4 rings (SSSR count). The number of hydrogen-bond donors (Lipinski definition) is 2. The van der Waals surface area contributed by atoms with Crippen LogP contribution in [0, 0.1) is 0 Å². The van der Waals surface area contributed by atoms with Gasteiger partial charge in [-0.05, 0) is 60.9 Å². The van der Waals surface area contributed by atoms with E-state index in [9.17, 15) is 14.2 Å². The number of amides is 1. The van der Waals surface area contributed by atoms with Crippen molar-refractivity contribution in [2.24, 2.45) is 0 Å². The van der Waals surface area contributed by atoms with Crippen LogP contribution in [0.25, 0.3) is 0 Å². The molecule has 1 atom stereocenters. The molecule has 6 nitrogen and oxygen atoms in total. The topological polar surface area (TPSA) is 84.9 Å². The molecular weight excluding hydrogens is 414 g/mol. The van der Waals surface area contributed by atoms with Gasteiger partial charge in [-0.2, -0.15) is 0 Å². The first-order chi connectivity index (χ1) is 15.1. The van der Waals surface area contributed by atoms with Gasteiger partial charge in [-0.1, -0.05) is 36.4 Å². The van der Waals surface area contributed by atoms with Crippen molar-refractivity contribution in [2.75, 3.05) is 13.2 Å². The van der Waals surface area contributed by atoms with E-state index in [-0.39, 0.29) is 0 Å². The summed E-state index contributed by atoms with van der Waals surface area (Å²) in [7, 11) is -1.52. The molecular formula is C24H23NO5S. The van der Waals surface area contributed by atoms with Gasteiger partial charge in [-0.25, -0.2) is 9.69 Å². The van der Waals surface area contributed by atoms with Crippen molar-refractivity contribution >= 4 is 16.7 Å². The lowest BCUT2D eigenvalue weighted by molar-refractivity contribution is -0.139. The molecule has 1 unspecified atom stereocenters. The van der Waals surface area contributed by atoms with Gasteiger partial charge < -0.3 is 9.47 Å². The predicted molar refractivity (Wildman–Crippen MR) is 116 cm³/mol. The number of para-hydroxylation sites is 1. The van der Waals surface area contributed by atoms with Crippen molar-refractivity contribution in [3.05, 3.63) is 84.4 Å². The van der Waals surface area contributed by atoms with Crippen LogP contribution in [0.4, 0.5) is 0 Å². The van der Waals surface area contributed by atoms with Crippen LogP contribution in [0.5, 0.6) is 11.5 Å². The number of carbonyl (C=O) groups is 1. The van der Waals surface area contributed by atoms with E-state index in [0.29, 0.717) is 47.2 Å². The number of hydroxylamine groups is 1. The molecule has 160 valence electrons. The Labute approximate surface area is 183 Å². The van der Waals surface area contributed by atoms with Crippen molar-refractivity contribution in [1.82, 2.24) is 5.48 Å². The second-order valence-electron chi connectivity index (χ2n) is 7.29. The largest absolute Gasteiger partial charge is 0.457 e. The highest BCUT2D eigenvalue weighted by atomic mass is 32.2. The lowest BCUT2D eigenvalue weighted by atomic mass is 9.73. The second-order valence-corrected chi connectivity index (χ2v) is 8.74. The summed E-state index contributed by atoms with van der Waals surface area (Å²) in [5, 5.41) is 9.38. The number of benzene rings is 3. The molecule has 1 aliphatic rings. The van der Waals surface area contributed by atoms with E-state index < -0.39 is 22.1 Å². The zero-order chi connectivity index (χ0) is 21.7. The molecule has 1 heterocycles. The Hall–Kier alpha value is -3.00. The summed E-state index contributed by atoms with van der Waals surface area (Å²) in [5.41, 5.74) is 1.46. The van der Waals surface area contributed by atoms with Gasteiger partial charge in [0.25, 0.3) is 5.91 Å². The van der Waals surface area contributed by atoms with Crippen molar-refractivity contribution in [3.63, 3.8) is 0 Å². The Morgan fingerprint density at radius 1 is 0.903 bits per heavy atom. The van der Waals surface area contributed by atoms with E-state index in [1.54, 1.807) is 47.9 Å². The van der Waals surface area contributed by atoms with E-state index in [2.05, 4.69) is 0 Å². The van der Waals surface area contributed by atoms with Gasteiger partial charge in [0.05, 0.1) is 16.2 Å². The Morgan fingerprint density at radius 3 is 2.19 bits per heavy atom. The van der Waals surface area contributed by atoms with Crippen LogP contribution in [-0.4, -0.2) is 28.5 Å². The van der Waals surface area contributed by atoms with Gasteiger partial charge in [0.2, 0.25) is 0 Å². The fraction of sp³-hybridized carbons (Fsp3) is 0.208. The smallest absolute Gasteiger partial charge is 0.254 e. The van der Waals surface area contributed by atoms with Gasteiger partial charge in [-0.3, -0.25) is 10.0 Å². The molecule has 0 spiro atoms.